The molecule has 1 aromatic heterocycles. The van der Waals surface area contributed by atoms with Gasteiger partial charge in [-0.25, -0.2) is 5.43 Å². The molecule has 0 fully saturated rings. The topological polar surface area (TPSA) is 63.8 Å². The number of furan rings is 1. The number of carbonyl (C=O) groups is 1. The number of terminal acetylenes is 1. The second-order valence-electron chi connectivity index (χ2n) is 4.17. The normalized spacial score (nSPS) is 10.3. The van der Waals surface area contributed by atoms with Crippen LogP contribution in [-0.4, -0.2) is 18.7 Å². The van der Waals surface area contributed by atoms with Crippen molar-refractivity contribution in [1.29, 1.82) is 0 Å². The summed E-state index contributed by atoms with van der Waals surface area (Å²) in [7, 11) is 0. The number of hydrazone groups is 1. The van der Waals surface area contributed by atoms with E-state index < -0.39 is 5.91 Å². The molecule has 0 aliphatic heterocycles. The molecule has 5 heteroatoms. The van der Waals surface area contributed by atoms with Crippen LogP contribution in [0.5, 0.6) is 5.75 Å². The molecule has 106 valence electrons. The first-order chi connectivity index (χ1) is 10.2. The van der Waals surface area contributed by atoms with Crippen LogP contribution in [0.25, 0.3) is 0 Å². The van der Waals surface area contributed by atoms with Crippen molar-refractivity contribution in [3.8, 4) is 18.1 Å². The Morgan fingerprint density at radius 1 is 1.48 bits per heavy atom. The molecule has 21 heavy (non-hydrogen) atoms. The highest BCUT2D eigenvalue weighted by molar-refractivity contribution is 5.92. The van der Waals surface area contributed by atoms with Crippen molar-refractivity contribution in [3.05, 3.63) is 53.5 Å². The third kappa shape index (κ3) is 4.25. The molecular weight excluding hydrogens is 268 g/mol. The maximum Gasteiger partial charge on any atom is 0.307 e. The Morgan fingerprint density at radius 3 is 3.05 bits per heavy atom. The fourth-order valence-corrected chi connectivity index (χ4v) is 1.59. The van der Waals surface area contributed by atoms with Gasteiger partial charge in [0.25, 0.3) is 0 Å². The molecule has 0 aliphatic carbocycles. The SMILES string of the molecule is C#CCOc1cccc(/C=N\NC(=O)c2ccc(C)o2)c1. The maximum atomic E-state index is 11.7. The number of benzene rings is 1. The van der Waals surface area contributed by atoms with Crippen LogP contribution in [0.4, 0.5) is 0 Å². The molecular formula is C16H14N2O3. The number of nitrogens with one attached hydrogen (secondary N) is 1. The zero-order valence-electron chi connectivity index (χ0n) is 11.5. The van der Waals surface area contributed by atoms with Gasteiger partial charge in [-0.15, -0.1) is 6.42 Å². The molecule has 2 aromatic rings. The Morgan fingerprint density at radius 2 is 2.33 bits per heavy atom. The van der Waals surface area contributed by atoms with Gasteiger partial charge in [0, 0.05) is 0 Å². The minimum Gasteiger partial charge on any atom is -0.481 e. The number of amides is 1. The molecule has 1 amide bonds. The van der Waals surface area contributed by atoms with Crippen molar-refractivity contribution in [2.75, 3.05) is 6.61 Å². The van der Waals surface area contributed by atoms with Gasteiger partial charge in [-0.05, 0) is 36.8 Å². The monoisotopic (exact) mass is 282 g/mol. The lowest BCUT2D eigenvalue weighted by Gasteiger charge is -2.02. The molecule has 2 rings (SSSR count). The van der Waals surface area contributed by atoms with Crippen LogP contribution in [-0.2, 0) is 0 Å². The highest BCUT2D eigenvalue weighted by atomic mass is 16.5. The summed E-state index contributed by atoms with van der Waals surface area (Å²) < 4.78 is 10.5. The van der Waals surface area contributed by atoms with Gasteiger partial charge < -0.3 is 9.15 Å². The fraction of sp³-hybridized carbons (Fsp3) is 0.125. The standard InChI is InChI=1S/C16H14N2O3/c1-3-9-20-14-6-4-5-13(10-14)11-17-18-16(19)15-8-7-12(2)21-15/h1,4-8,10-11H,9H2,2H3,(H,18,19)/b17-11-. The van der Waals surface area contributed by atoms with Crippen LogP contribution >= 0.6 is 0 Å². The lowest BCUT2D eigenvalue weighted by molar-refractivity contribution is 0.0926. The van der Waals surface area contributed by atoms with Crippen LogP contribution in [0, 0.1) is 19.3 Å². The second kappa shape index (κ2) is 6.96. The Labute approximate surface area is 122 Å². The summed E-state index contributed by atoms with van der Waals surface area (Å²) in [6.45, 7) is 1.97. The Kier molecular flexibility index (Phi) is 4.78. The number of aryl methyl sites for hydroxylation is 1. The Balaban J connectivity index is 1.95. The summed E-state index contributed by atoms with van der Waals surface area (Å²) >= 11 is 0. The number of ether oxygens (including phenoxy) is 1. The number of nitrogens with zero attached hydrogens (tertiary/aromatic N) is 1. The van der Waals surface area contributed by atoms with E-state index in [1.54, 1.807) is 31.2 Å². The lowest BCUT2D eigenvalue weighted by Crippen LogP contribution is -2.16. The highest BCUT2D eigenvalue weighted by Crippen LogP contribution is 2.11. The molecule has 0 bridgehead atoms. The summed E-state index contributed by atoms with van der Waals surface area (Å²) in [5.74, 6) is 3.52. The van der Waals surface area contributed by atoms with Crippen molar-refractivity contribution in [1.82, 2.24) is 5.43 Å². The number of carbonyl (C=O) groups excluding carboxylic acids is 1. The molecule has 0 atom stereocenters. The largest absolute Gasteiger partial charge is 0.481 e. The van der Waals surface area contributed by atoms with Gasteiger partial charge in [0.15, 0.2) is 5.76 Å². The molecule has 1 aromatic carbocycles. The third-order valence-corrected chi connectivity index (χ3v) is 2.52. The lowest BCUT2D eigenvalue weighted by atomic mass is 10.2. The first-order valence-electron chi connectivity index (χ1n) is 6.25. The van der Waals surface area contributed by atoms with Crippen LogP contribution in [0.1, 0.15) is 21.9 Å². The molecule has 0 unspecified atom stereocenters. The second-order valence-corrected chi connectivity index (χ2v) is 4.17. The van der Waals surface area contributed by atoms with Crippen LogP contribution < -0.4 is 10.2 Å². The summed E-state index contributed by atoms with van der Waals surface area (Å²) in [5, 5.41) is 3.87. The smallest absolute Gasteiger partial charge is 0.307 e. The summed E-state index contributed by atoms with van der Waals surface area (Å²) in [4.78, 5) is 11.7. The van der Waals surface area contributed by atoms with Crippen molar-refractivity contribution < 1.29 is 13.9 Å². The van der Waals surface area contributed by atoms with E-state index in [0.717, 1.165) is 5.56 Å². The first-order valence-corrected chi connectivity index (χ1v) is 6.25. The first kappa shape index (κ1) is 14.4. The predicted octanol–water partition coefficient (Wildman–Crippen LogP) is 2.36. The minimum absolute atomic E-state index is 0.204. The van der Waals surface area contributed by atoms with Gasteiger partial charge in [-0.1, -0.05) is 18.1 Å². The van der Waals surface area contributed by atoms with E-state index >= 15 is 0 Å². The number of hydrogen-bond acceptors (Lipinski definition) is 4. The van der Waals surface area contributed by atoms with Crippen molar-refractivity contribution >= 4 is 12.1 Å². The van der Waals surface area contributed by atoms with E-state index in [0.29, 0.717) is 11.5 Å². The molecule has 1 heterocycles. The summed E-state index contributed by atoms with van der Waals surface area (Å²) in [6.07, 6.45) is 6.64. The van der Waals surface area contributed by atoms with Crippen LogP contribution in [0.3, 0.4) is 0 Å². The molecule has 0 radical (unpaired) electrons. The van der Waals surface area contributed by atoms with E-state index in [-0.39, 0.29) is 12.4 Å². The number of hydrogen-bond donors (Lipinski definition) is 1. The predicted molar refractivity (Wildman–Crippen MR) is 79.3 cm³/mol. The van der Waals surface area contributed by atoms with E-state index in [2.05, 4.69) is 16.4 Å². The molecule has 0 saturated carbocycles. The van der Waals surface area contributed by atoms with Crippen LogP contribution in [0.15, 0.2) is 45.9 Å². The number of rotatable bonds is 5. The summed E-state index contributed by atoms with van der Waals surface area (Å²) in [5.41, 5.74) is 3.17. The molecule has 0 saturated heterocycles. The van der Waals surface area contributed by atoms with Gasteiger partial charge in [0.05, 0.1) is 6.21 Å². The van der Waals surface area contributed by atoms with Crippen molar-refractivity contribution in [2.45, 2.75) is 6.92 Å². The molecule has 0 aliphatic rings. The van der Waals surface area contributed by atoms with E-state index in [4.69, 9.17) is 15.6 Å². The highest BCUT2D eigenvalue weighted by Gasteiger charge is 2.07. The van der Waals surface area contributed by atoms with E-state index in [1.807, 2.05) is 12.1 Å². The van der Waals surface area contributed by atoms with Crippen molar-refractivity contribution in [3.63, 3.8) is 0 Å². The van der Waals surface area contributed by atoms with E-state index in [9.17, 15) is 4.79 Å². The van der Waals surface area contributed by atoms with Gasteiger partial charge in [-0.2, -0.15) is 5.10 Å². The Hall–Kier alpha value is -3.00. The molecule has 1 N–H and O–H groups in total. The third-order valence-electron chi connectivity index (χ3n) is 2.52. The Bertz CT molecular complexity index is 696. The van der Waals surface area contributed by atoms with Gasteiger partial charge >= 0.3 is 5.91 Å². The zero-order valence-corrected chi connectivity index (χ0v) is 11.5. The fourth-order valence-electron chi connectivity index (χ4n) is 1.59. The summed E-state index contributed by atoms with van der Waals surface area (Å²) in [6, 6.07) is 10.5. The zero-order chi connectivity index (χ0) is 15.1. The average Bonchev–Trinajstić information content (AvgIpc) is 2.92. The molecule has 0 spiro atoms. The average molecular weight is 282 g/mol. The van der Waals surface area contributed by atoms with E-state index in [1.165, 1.54) is 6.21 Å². The van der Waals surface area contributed by atoms with Gasteiger partial charge in [0.2, 0.25) is 0 Å². The molecule has 5 nitrogen and oxygen atoms in total. The maximum absolute atomic E-state index is 11.7. The minimum atomic E-state index is -0.404. The van der Waals surface area contributed by atoms with Crippen LogP contribution in [0.2, 0.25) is 0 Å². The quantitative estimate of drug-likeness (QED) is 0.520. The van der Waals surface area contributed by atoms with Crippen molar-refractivity contribution in [2.24, 2.45) is 5.10 Å². The van der Waals surface area contributed by atoms with Gasteiger partial charge in [0.1, 0.15) is 18.1 Å². The van der Waals surface area contributed by atoms with Gasteiger partial charge in [-0.3, -0.25) is 4.79 Å².